The van der Waals surface area contributed by atoms with Gasteiger partial charge in [0.2, 0.25) is 11.8 Å². The summed E-state index contributed by atoms with van der Waals surface area (Å²) < 4.78 is 0. The van der Waals surface area contributed by atoms with Gasteiger partial charge >= 0.3 is 5.97 Å². The molecule has 6 heteroatoms. The van der Waals surface area contributed by atoms with Gasteiger partial charge in [0.1, 0.15) is 5.69 Å². The molecule has 0 unspecified atom stereocenters. The molecular formula is C13H14N2O4. The molecule has 0 atom stereocenters. The molecule has 2 heterocycles. The van der Waals surface area contributed by atoms with Gasteiger partial charge < -0.3 is 5.11 Å². The lowest BCUT2D eigenvalue weighted by atomic mass is 10.2. The maximum absolute atomic E-state index is 11.8. The summed E-state index contributed by atoms with van der Waals surface area (Å²) in [5, 5.41) is 8.74. The van der Waals surface area contributed by atoms with Gasteiger partial charge in [-0.3, -0.25) is 14.5 Å². The van der Waals surface area contributed by atoms with Crippen LogP contribution in [-0.2, 0) is 16.1 Å². The van der Waals surface area contributed by atoms with E-state index in [2.05, 4.69) is 4.98 Å². The molecule has 0 aliphatic carbocycles. The molecule has 1 fully saturated rings. The summed E-state index contributed by atoms with van der Waals surface area (Å²) in [4.78, 5) is 39.3. The SMILES string of the molecule is O=C(O)c1ccc(CN2C(=O)CCCCC2=O)cn1. The van der Waals surface area contributed by atoms with Gasteiger partial charge in [-0.15, -0.1) is 0 Å². The van der Waals surface area contributed by atoms with Crippen LogP contribution >= 0.6 is 0 Å². The molecule has 0 aromatic carbocycles. The van der Waals surface area contributed by atoms with Crippen molar-refractivity contribution in [3.63, 3.8) is 0 Å². The Morgan fingerprint density at radius 2 is 1.84 bits per heavy atom. The molecule has 0 radical (unpaired) electrons. The van der Waals surface area contributed by atoms with E-state index in [4.69, 9.17) is 5.11 Å². The first-order valence-corrected chi connectivity index (χ1v) is 6.09. The van der Waals surface area contributed by atoms with E-state index in [9.17, 15) is 14.4 Å². The zero-order valence-electron chi connectivity index (χ0n) is 10.3. The van der Waals surface area contributed by atoms with E-state index in [1.54, 1.807) is 6.07 Å². The van der Waals surface area contributed by atoms with Crippen molar-refractivity contribution in [1.82, 2.24) is 9.88 Å². The lowest BCUT2D eigenvalue weighted by molar-refractivity contribution is -0.144. The smallest absolute Gasteiger partial charge is 0.354 e. The number of hydrogen-bond acceptors (Lipinski definition) is 4. The number of carbonyl (C=O) groups excluding carboxylic acids is 2. The Morgan fingerprint density at radius 3 is 2.32 bits per heavy atom. The first-order valence-electron chi connectivity index (χ1n) is 6.09. The van der Waals surface area contributed by atoms with Crippen LogP contribution < -0.4 is 0 Å². The molecule has 0 spiro atoms. The van der Waals surface area contributed by atoms with Crippen LogP contribution in [0.4, 0.5) is 0 Å². The molecule has 6 nitrogen and oxygen atoms in total. The molecule has 1 aliphatic rings. The molecule has 0 bridgehead atoms. The molecule has 1 aromatic heterocycles. The summed E-state index contributed by atoms with van der Waals surface area (Å²) in [5.74, 6) is -1.46. The van der Waals surface area contributed by atoms with Gasteiger partial charge in [0.05, 0.1) is 6.54 Å². The molecule has 0 saturated carbocycles. The Balaban J connectivity index is 2.12. The maximum Gasteiger partial charge on any atom is 0.354 e. The average Bonchev–Trinajstić information content (AvgIpc) is 2.54. The number of carboxylic acid groups (broad SMARTS) is 1. The summed E-state index contributed by atoms with van der Waals surface area (Å²) in [6.45, 7) is 0.157. The fourth-order valence-corrected chi connectivity index (χ4v) is 1.96. The predicted molar refractivity (Wildman–Crippen MR) is 65.2 cm³/mol. The normalized spacial score (nSPS) is 16.3. The van der Waals surface area contributed by atoms with Gasteiger partial charge in [-0.2, -0.15) is 0 Å². The van der Waals surface area contributed by atoms with Crippen molar-refractivity contribution < 1.29 is 19.5 Å². The van der Waals surface area contributed by atoms with Crippen LogP contribution in [0.5, 0.6) is 0 Å². The van der Waals surface area contributed by atoms with Gasteiger partial charge in [0.15, 0.2) is 0 Å². The molecule has 1 aliphatic heterocycles. The second kappa shape index (κ2) is 5.60. The van der Waals surface area contributed by atoms with Crippen LogP contribution in [0.3, 0.4) is 0 Å². The monoisotopic (exact) mass is 262 g/mol. The Hall–Kier alpha value is -2.24. The quantitative estimate of drug-likeness (QED) is 0.827. The van der Waals surface area contributed by atoms with Gasteiger partial charge in [0.25, 0.3) is 0 Å². The zero-order chi connectivity index (χ0) is 13.8. The van der Waals surface area contributed by atoms with E-state index in [0.717, 1.165) is 12.8 Å². The number of nitrogens with zero attached hydrogens (tertiary/aromatic N) is 2. The van der Waals surface area contributed by atoms with Crippen LogP contribution in [-0.4, -0.2) is 32.8 Å². The predicted octanol–water partition coefficient (Wildman–Crippen LogP) is 1.21. The number of hydrogen-bond donors (Lipinski definition) is 1. The van der Waals surface area contributed by atoms with Crippen molar-refractivity contribution in [1.29, 1.82) is 0 Å². The second-order valence-electron chi connectivity index (χ2n) is 4.44. The van der Waals surface area contributed by atoms with Crippen LogP contribution in [0.1, 0.15) is 41.7 Å². The van der Waals surface area contributed by atoms with Crippen molar-refractivity contribution in [2.45, 2.75) is 32.2 Å². The fourth-order valence-electron chi connectivity index (χ4n) is 1.96. The summed E-state index contributed by atoms with van der Waals surface area (Å²) in [5.41, 5.74) is 0.589. The van der Waals surface area contributed by atoms with Crippen molar-refractivity contribution >= 4 is 17.8 Å². The number of aromatic carboxylic acids is 1. The number of carbonyl (C=O) groups is 3. The Labute approximate surface area is 110 Å². The van der Waals surface area contributed by atoms with E-state index >= 15 is 0 Å². The molecular weight excluding hydrogens is 248 g/mol. The summed E-state index contributed by atoms with van der Waals surface area (Å²) in [7, 11) is 0. The Bertz CT molecular complexity index is 492. The molecule has 1 N–H and O–H groups in total. The van der Waals surface area contributed by atoms with E-state index in [-0.39, 0.29) is 24.1 Å². The highest BCUT2D eigenvalue weighted by Gasteiger charge is 2.24. The molecule has 19 heavy (non-hydrogen) atoms. The van der Waals surface area contributed by atoms with Gasteiger partial charge in [-0.05, 0) is 24.5 Å². The standard InChI is InChI=1S/C13H14N2O4/c16-11-3-1-2-4-12(17)15(11)8-9-5-6-10(13(18)19)14-7-9/h5-7H,1-4,8H2,(H,18,19). The average molecular weight is 262 g/mol. The molecule has 1 saturated heterocycles. The van der Waals surface area contributed by atoms with Gasteiger partial charge in [0, 0.05) is 19.0 Å². The highest BCUT2D eigenvalue weighted by Crippen LogP contribution is 2.15. The van der Waals surface area contributed by atoms with Gasteiger partial charge in [-0.25, -0.2) is 9.78 Å². The Morgan fingerprint density at radius 1 is 1.21 bits per heavy atom. The summed E-state index contributed by atoms with van der Waals surface area (Å²) in [6, 6.07) is 2.94. The molecule has 1 aromatic rings. The number of rotatable bonds is 3. The highest BCUT2D eigenvalue weighted by molar-refractivity contribution is 5.95. The number of amides is 2. The minimum Gasteiger partial charge on any atom is -0.477 e. The number of pyridine rings is 1. The third kappa shape index (κ3) is 3.15. The fraction of sp³-hybridized carbons (Fsp3) is 0.385. The number of aromatic nitrogens is 1. The van der Waals surface area contributed by atoms with E-state index in [1.807, 2.05) is 0 Å². The third-order valence-electron chi connectivity index (χ3n) is 3.02. The molecule has 2 amide bonds. The molecule has 2 rings (SSSR count). The van der Waals surface area contributed by atoms with E-state index < -0.39 is 5.97 Å². The van der Waals surface area contributed by atoms with Crippen molar-refractivity contribution in [3.05, 3.63) is 29.6 Å². The maximum atomic E-state index is 11.8. The second-order valence-corrected chi connectivity index (χ2v) is 4.44. The number of carboxylic acids is 1. The zero-order valence-corrected chi connectivity index (χ0v) is 10.3. The topological polar surface area (TPSA) is 87.6 Å². The van der Waals surface area contributed by atoms with Crippen LogP contribution in [0.15, 0.2) is 18.3 Å². The Kier molecular flexibility index (Phi) is 3.89. The van der Waals surface area contributed by atoms with Crippen molar-refractivity contribution in [2.24, 2.45) is 0 Å². The van der Waals surface area contributed by atoms with Crippen molar-refractivity contribution in [2.75, 3.05) is 0 Å². The largest absolute Gasteiger partial charge is 0.477 e. The van der Waals surface area contributed by atoms with E-state index in [0.29, 0.717) is 18.4 Å². The van der Waals surface area contributed by atoms with Crippen LogP contribution in [0.2, 0.25) is 0 Å². The molecule has 100 valence electrons. The van der Waals surface area contributed by atoms with E-state index in [1.165, 1.54) is 17.2 Å². The number of likely N-dealkylation sites (tertiary alicyclic amines) is 1. The van der Waals surface area contributed by atoms with Crippen molar-refractivity contribution in [3.8, 4) is 0 Å². The minimum atomic E-state index is -1.10. The summed E-state index contributed by atoms with van der Waals surface area (Å²) >= 11 is 0. The first-order chi connectivity index (χ1) is 9.08. The van der Waals surface area contributed by atoms with Gasteiger partial charge in [-0.1, -0.05) is 6.07 Å². The van der Waals surface area contributed by atoms with Crippen LogP contribution in [0, 0.1) is 0 Å². The number of imide groups is 1. The first kappa shape index (κ1) is 13.2. The minimum absolute atomic E-state index is 0.0581. The van der Waals surface area contributed by atoms with Crippen LogP contribution in [0.25, 0.3) is 0 Å². The lowest BCUT2D eigenvalue weighted by Gasteiger charge is -2.18. The summed E-state index contributed by atoms with van der Waals surface area (Å²) in [6.07, 6.45) is 3.61. The highest BCUT2D eigenvalue weighted by atomic mass is 16.4. The third-order valence-corrected chi connectivity index (χ3v) is 3.02. The lowest BCUT2D eigenvalue weighted by Crippen LogP contribution is -2.34.